The highest BCUT2D eigenvalue weighted by atomic mass is 14.3. The van der Waals surface area contributed by atoms with Gasteiger partial charge in [-0.05, 0) is 12.8 Å². The quantitative estimate of drug-likeness (QED) is 0.418. The van der Waals surface area contributed by atoms with Crippen LogP contribution in [0, 0.1) is 5.41 Å². The molecule has 0 unspecified atom stereocenters. The molecule has 1 nitrogen and oxygen atoms in total. The first-order chi connectivity index (χ1) is 4.41. The summed E-state index contributed by atoms with van der Waals surface area (Å²) in [5.74, 6) is 0. The minimum atomic E-state index is 0.851. The van der Waals surface area contributed by atoms with Crippen LogP contribution in [-0.2, 0) is 0 Å². The van der Waals surface area contributed by atoms with Gasteiger partial charge in [-0.2, -0.15) is 0 Å². The van der Waals surface area contributed by atoms with Crippen LogP contribution in [0.1, 0.15) is 45.4 Å². The average Bonchev–Trinajstić information content (AvgIpc) is 1.89. The standard InChI is InChI=1S/C8H16N/c1-2-3-4-5-6-7-8-9/h9H,2-7H2,1H3. The van der Waals surface area contributed by atoms with Crippen molar-refractivity contribution < 1.29 is 0 Å². The summed E-state index contributed by atoms with van der Waals surface area (Å²) in [4.78, 5) is 0. The first-order valence-electron chi connectivity index (χ1n) is 3.81. The summed E-state index contributed by atoms with van der Waals surface area (Å²) >= 11 is 0. The molecule has 1 heteroatoms. The third kappa shape index (κ3) is 7.67. The lowest BCUT2D eigenvalue weighted by molar-refractivity contribution is 0.645. The van der Waals surface area contributed by atoms with Crippen molar-refractivity contribution in [1.82, 2.24) is 0 Å². The molecule has 0 rings (SSSR count). The van der Waals surface area contributed by atoms with E-state index in [9.17, 15) is 0 Å². The normalized spacial score (nSPS) is 9.44. The second-order valence-corrected chi connectivity index (χ2v) is 2.34. The van der Waals surface area contributed by atoms with Crippen LogP contribution in [0.15, 0.2) is 0 Å². The Morgan fingerprint density at radius 2 is 1.78 bits per heavy atom. The van der Waals surface area contributed by atoms with Gasteiger partial charge in [-0.15, -0.1) is 0 Å². The van der Waals surface area contributed by atoms with Gasteiger partial charge in [0.05, 0.1) is 6.21 Å². The van der Waals surface area contributed by atoms with E-state index in [1.807, 2.05) is 0 Å². The maximum atomic E-state index is 6.63. The van der Waals surface area contributed by atoms with Gasteiger partial charge in [0, 0.05) is 0 Å². The number of hydrogen-bond donors (Lipinski definition) is 1. The molecule has 53 valence electrons. The predicted molar refractivity (Wildman–Crippen MR) is 41.1 cm³/mol. The van der Waals surface area contributed by atoms with Crippen molar-refractivity contribution in [3.63, 3.8) is 0 Å². The Morgan fingerprint density at radius 1 is 1.11 bits per heavy atom. The van der Waals surface area contributed by atoms with E-state index in [4.69, 9.17) is 5.41 Å². The van der Waals surface area contributed by atoms with Crippen molar-refractivity contribution in [2.24, 2.45) is 0 Å². The lowest BCUT2D eigenvalue weighted by Gasteiger charge is -1.93. The van der Waals surface area contributed by atoms with Gasteiger partial charge < -0.3 is 5.41 Å². The molecule has 1 radical (unpaired) electrons. The van der Waals surface area contributed by atoms with Crippen LogP contribution in [0.3, 0.4) is 0 Å². The zero-order valence-corrected chi connectivity index (χ0v) is 6.24. The molecule has 0 aromatic rings. The molecule has 0 aliphatic carbocycles. The summed E-state index contributed by atoms with van der Waals surface area (Å²) in [7, 11) is 0. The van der Waals surface area contributed by atoms with Crippen LogP contribution in [0.25, 0.3) is 0 Å². The molecule has 0 saturated carbocycles. The van der Waals surface area contributed by atoms with Crippen LogP contribution in [0.2, 0.25) is 0 Å². The van der Waals surface area contributed by atoms with E-state index in [-0.39, 0.29) is 0 Å². The monoisotopic (exact) mass is 126 g/mol. The minimum absolute atomic E-state index is 0.851. The van der Waals surface area contributed by atoms with Gasteiger partial charge in [-0.25, -0.2) is 0 Å². The Hall–Kier alpha value is -0.330. The summed E-state index contributed by atoms with van der Waals surface area (Å²) < 4.78 is 0. The van der Waals surface area contributed by atoms with Gasteiger partial charge in [0.25, 0.3) is 0 Å². The molecule has 0 amide bonds. The molecular weight excluding hydrogens is 110 g/mol. The molecule has 0 saturated heterocycles. The third-order valence-electron chi connectivity index (χ3n) is 1.41. The van der Waals surface area contributed by atoms with E-state index in [0.29, 0.717) is 0 Å². The van der Waals surface area contributed by atoms with Gasteiger partial charge in [-0.1, -0.05) is 32.6 Å². The van der Waals surface area contributed by atoms with E-state index in [0.717, 1.165) is 12.8 Å². The molecule has 0 aromatic heterocycles. The van der Waals surface area contributed by atoms with E-state index in [1.165, 1.54) is 25.7 Å². The SMILES string of the molecule is CCCCCCC[C]=N. The number of rotatable bonds is 6. The highest BCUT2D eigenvalue weighted by Crippen LogP contribution is 2.02. The van der Waals surface area contributed by atoms with Crippen molar-refractivity contribution in [3.05, 3.63) is 0 Å². The van der Waals surface area contributed by atoms with Crippen molar-refractivity contribution in [3.8, 4) is 0 Å². The Bertz CT molecular complexity index is 59.6. The Balaban J connectivity index is 2.66. The second kappa shape index (κ2) is 7.67. The molecule has 0 spiro atoms. The molecule has 0 fully saturated rings. The van der Waals surface area contributed by atoms with Crippen LogP contribution < -0.4 is 0 Å². The van der Waals surface area contributed by atoms with E-state index in [2.05, 4.69) is 13.1 Å². The number of hydrogen-bond acceptors (Lipinski definition) is 1. The summed E-state index contributed by atoms with van der Waals surface area (Å²) in [5.41, 5.74) is 0. The summed E-state index contributed by atoms with van der Waals surface area (Å²) in [5, 5.41) is 6.63. The molecule has 9 heavy (non-hydrogen) atoms. The van der Waals surface area contributed by atoms with E-state index in [1.54, 1.807) is 0 Å². The zero-order valence-electron chi connectivity index (χ0n) is 6.24. The first-order valence-corrected chi connectivity index (χ1v) is 3.81. The lowest BCUT2D eigenvalue weighted by atomic mass is 10.1. The van der Waals surface area contributed by atoms with E-state index >= 15 is 0 Å². The first kappa shape index (κ1) is 8.67. The largest absolute Gasteiger partial charge is 0.303 e. The van der Waals surface area contributed by atoms with Gasteiger partial charge >= 0.3 is 0 Å². The summed E-state index contributed by atoms with van der Waals surface area (Å²) in [6.45, 7) is 2.21. The highest BCUT2D eigenvalue weighted by molar-refractivity contribution is 5.52. The van der Waals surface area contributed by atoms with Crippen LogP contribution in [-0.4, -0.2) is 6.21 Å². The fourth-order valence-electron chi connectivity index (χ4n) is 0.817. The molecule has 0 atom stereocenters. The molecule has 0 aliphatic heterocycles. The minimum Gasteiger partial charge on any atom is -0.303 e. The molecule has 0 aliphatic rings. The van der Waals surface area contributed by atoms with E-state index < -0.39 is 0 Å². The number of unbranched alkanes of at least 4 members (excludes halogenated alkanes) is 5. The fraction of sp³-hybridized carbons (Fsp3) is 0.875. The van der Waals surface area contributed by atoms with Crippen molar-refractivity contribution >= 4 is 6.21 Å². The zero-order chi connectivity index (χ0) is 6.95. The molecule has 0 heterocycles. The van der Waals surface area contributed by atoms with Crippen molar-refractivity contribution in [2.45, 2.75) is 45.4 Å². The molecule has 0 aromatic carbocycles. The Labute approximate surface area is 58.0 Å². The van der Waals surface area contributed by atoms with Gasteiger partial charge in [0.15, 0.2) is 0 Å². The number of nitrogens with one attached hydrogen (secondary N) is 1. The second-order valence-electron chi connectivity index (χ2n) is 2.34. The lowest BCUT2D eigenvalue weighted by Crippen LogP contribution is -1.77. The Morgan fingerprint density at radius 3 is 2.33 bits per heavy atom. The molecule has 0 bridgehead atoms. The maximum Gasteiger partial charge on any atom is 0.0521 e. The topological polar surface area (TPSA) is 23.9 Å². The smallest absolute Gasteiger partial charge is 0.0521 e. The maximum absolute atomic E-state index is 6.63. The van der Waals surface area contributed by atoms with Crippen LogP contribution >= 0.6 is 0 Å². The Kier molecular flexibility index (Phi) is 7.39. The van der Waals surface area contributed by atoms with Crippen LogP contribution in [0.5, 0.6) is 0 Å². The van der Waals surface area contributed by atoms with Gasteiger partial charge in [0.1, 0.15) is 0 Å². The predicted octanol–water partition coefficient (Wildman–Crippen LogP) is 2.87. The fourth-order valence-corrected chi connectivity index (χ4v) is 0.817. The highest BCUT2D eigenvalue weighted by Gasteiger charge is 1.85. The third-order valence-corrected chi connectivity index (χ3v) is 1.41. The molecular formula is C8H16N. The summed E-state index contributed by atoms with van der Waals surface area (Å²) in [6.07, 6.45) is 9.66. The van der Waals surface area contributed by atoms with Crippen molar-refractivity contribution in [1.29, 1.82) is 5.41 Å². The molecule has 1 N–H and O–H groups in total. The van der Waals surface area contributed by atoms with Gasteiger partial charge in [-0.3, -0.25) is 0 Å². The van der Waals surface area contributed by atoms with Crippen LogP contribution in [0.4, 0.5) is 0 Å². The van der Waals surface area contributed by atoms with Gasteiger partial charge in [0.2, 0.25) is 0 Å². The average molecular weight is 126 g/mol. The van der Waals surface area contributed by atoms with Crippen molar-refractivity contribution in [2.75, 3.05) is 0 Å². The summed E-state index contributed by atoms with van der Waals surface area (Å²) in [6, 6.07) is 0.